The van der Waals surface area contributed by atoms with Gasteiger partial charge in [-0.05, 0) is 37.5 Å². The van der Waals surface area contributed by atoms with Crippen LogP contribution in [0.15, 0.2) is 12.4 Å². The summed E-state index contributed by atoms with van der Waals surface area (Å²) in [7, 11) is 0. The average molecular weight is 1000 g/mol. The van der Waals surface area contributed by atoms with Crippen molar-refractivity contribution in [1.29, 1.82) is 0 Å². The van der Waals surface area contributed by atoms with Crippen LogP contribution in [0.25, 0.3) is 0 Å². The predicted octanol–water partition coefficient (Wildman–Crippen LogP) is -2.25. The van der Waals surface area contributed by atoms with E-state index in [1.54, 1.807) is 22.2 Å². The molecule has 0 aromatic carbocycles. The van der Waals surface area contributed by atoms with Crippen LogP contribution in [0, 0.1) is 24.2 Å². The Labute approximate surface area is 414 Å². The Morgan fingerprint density at radius 1 is 0.671 bits per heavy atom. The lowest BCUT2D eigenvalue weighted by atomic mass is 10.0. The number of piperazine rings is 2. The number of nitrogens with two attached hydrogens (primary N) is 2. The monoisotopic (exact) mass is 1000 g/mol. The maximum absolute atomic E-state index is 14.1. The summed E-state index contributed by atoms with van der Waals surface area (Å²) in [5.41, 5.74) is 13.8. The molecule has 4 unspecified atom stereocenters. The fourth-order valence-corrected chi connectivity index (χ4v) is 7.94. The summed E-state index contributed by atoms with van der Waals surface area (Å²) >= 11 is 0. The molecule has 0 radical (unpaired) electrons. The first-order valence-electron chi connectivity index (χ1n) is 23.7. The Morgan fingerprint density at radius 3 is 1.49 bits per heavy atom. The molecule has 0 bridgehead atoms. The topological polar surface area (TPSA) is 314 Å². The summed E-state index contributed by atoms with van der Waals surface area (Å²) in [6.45, 7) is 13.3. The minimum atomic E-state index is -1.03. The summed E-state index contributed by atoms with van der Waals surface area (Å²) in [6, 6.07) is -2.53. The Kier molecular flexibility index (Phi) is 23.4. The zero-order chi connectivity index (χ0) is 49.9. The molecule has 26 heteroatoms. The average Bonchev–Trinajstić information content (AvgIpc) is 4.02. The van der Waals surface area contributed by atoms with Crippen LogP contribution < -0.4 is 39.0 Å². The van der Waals surface area contributed by atoms with Crippen molar-refractivity contribution in [1.82, 2.24) is 54.7 Å². The van der Waals surface area contributed by atoms with Crippen molar-refractivity contribution in [3.63, 3.8) is 0 Å². The van der Waals surface area contributed by atoms with Gasteiger partial charge in [0.25, 0.3) is 0 Å². The van der Waals surface area contributed by atoms with Crippen molar-refractivity contribution in [2.24, 2.45) is 23.3 Å². The number of amides is 2. The Morgan fingerprint density at radius 2 is 1.09 bits per heavy atom. The van der Waals surface area contributed by atoms with Crippen LogP contribution in [0.4, 0.5) is 17.8 Å². The van der Waals surface area contributed by atoms with E-state index in [0.29, 0.717) is 146 Å². The minimum absolute atomic E-state index is 0. The quantitative estimate of drug-likeness (QED) is 0.0363. The van der Waals surface area contributed by atoms with Crippen molar-refractivity contribution in [2.75, 3.05) is 114 Å². The highest BCUT2D eigenvalue weighted by Gasteiger charge is 2.34. The van der Waals surface area contributed by atoms with E-state index < -0.39 is 24.0 Å². The van der Waals surface area contributed by atoms with E-state index >= 15 is 0 Å². The van der Waals surface area contributed by atoms with Gasteiger partial charge in [0.05, 0.1) is 68.9 Å². The van der Waals surface area contributed by atoms with Gasteiger partial charge in [0.15, 0.2) is 0 Å². The lowest BCUT2D eigenvalue weighted by Gasteiger charge is -2.38. The van der Waals surface area contributed by atoms with Gasteiger partial charge in [0.2, 0.25) is 29.7 Å². The SMILES string of the molecule is C#CCOCCOCCOCCNc1nc(N2CCN(C(=O)C(CCC(=O)O)n3cc(C(N)CC(C)C)nn3)CC2)nc(N2CCN(C(=O)C(CCC(=O)O)n3cc(C(N)CC(C)C)nn3)CC2)n1.[Cl-]. The number of halogens is 1. The molecule has 3 aromatic heterocycles. The Hall–Kier alpha value is -5.78. The number of rotatable bonds is 29. The number of carbonyl (C=O) groups excluding carboxylic acids is 2. The number of terminal acetylenes is 1. The highest BCUT2D eigenvalue weighted by atomic mass is 35.5. The number of nitrogens with one attached hydrogen (secondary N) is 1. The van der Waals surface area contributed by atoms with E-state index in [2.05, 4.69) is 31.9 Å². The summed E-state index contributed by atoms with van der Waals surface area (Å²) in [4.78, 5) is 73.1. The first-order chi connectivity index (χ1) is 33.1. The smallest absolute Gasteiger partial charge is 0.303 e. The Balaban J connectivity index is 0.0000107. The Bertz CT molecular complexity index is 2010. The van der Waals surface area contributed by atoms with Crippen LogP contribution in [-0.4, -0.2) is 187 Å². The molecular weight excluding hydrogens is 932 g/mol. The summed E-state index contributed by atoms with van der Waals surface area (Å²) in [5, 5.41) is 39.2. The molecule has 2 fully saturated rings. The number of ether oxygens (including phenoxy) is 3. The lowest BCUT2D eigenvalue weighted by Crippen LogP contribution is -3.00. The van der Waals surface area contributed by atoms with Gasteiger partial charge in [-0.1, -0.05) is 44.0 Å². The molecule has 2 amide bonds. The lowest BCUT2D eigenvalue weighted by molar-refractivity contribution is -0.140. The second-order valence-corrected chi connectivity index (χ2v) is 17.9. The van der Waals surface area contributed by atoms with E-state index in [1.165, 1.54) is 9.36 Å². The van der Waals surface area contributed by atoms with E-state index in [1.807, 2.05) is 37.5 Å². The van der Waals surface area contributed by atoms with Crippen molar-refractivity contribution >= 4 is 41.6 Å². The molecule has 4 atom stereocenters. The first-order valence-corrected chi connectivity index (χ1v) is 23.7. The molecule has 0 aliphatic carbocycles. The summed E-state index contributed by atoms with van der Waals surface area (Å²) in [6.07, 6.45) is 9.39. The van der Waals surface area contributed by atoms with Crippen LogP contribution in [0.5, 0.6) is 0 Å². The summed E-state index contributed by atoms with van der Waals surface area (Å²) in [5.74, 6) is 1.49. The number of aromatic nitrogens is 9. The van der Waals surface area contributed by atoms with Crippen LogP contribution in [-0.2, 0) is 33.4 Å². The maximum atomic E-state index is 14.1. The number of hydrogen-bond donors (Lipinski definition) is 5. The molecule has 2 aliphatic rings. The van der Waals surface area contributed by atoms with Crippen LogP contribution >= 0.6 is 0 Å². The molecule has 25 nitrogen and oxygen atoms in total. The van der Waals surface area contributed by atoms with Gasteiger partial charge >= 0.3 is 11.9 Å². The number of carboxylic acid groups (broad SMARTS) is 2. The van der Waals surface area contributed by atoms with Crippen LogP contribution in [0.2, 0.25) is 0 Å². The van der Waals surface area contributed by atoms with Gasteiger partial charge in [-0.25, -0.2) is 9.36 Å². The van der Waals surface area contributed by atoms with Crippen LogP contribution in [0.1, 0.15) is 102 Å². The summed E-state index contributed by atoms with van der Waals surface area (Å²) < 4.78 is 19.3. The molecule has 2 saturated heterocycles. The molecular formula is C44H70ClN16O9-. The third-order valence-electron chi connectivity index (χ3n) is 11.6. The normalized spacial score (nSPS) is 15.9. The largest absolute Gasteiger partial charge is 1.00 e. The second-order valence-electron chi connectivity index (χ2n) is 17.9. The molecule has 3 aromatic rings. The number of anilines is 3. The van der Waals surface area contributed by atoms with E-state index in [0.717, 1.165) is 0 Å². The zero-order valence-electron chi connectivity index (χ0n) is 40.6. The molecule has 2 aliphatic heterocycles. The van der Waals surface area contributed by atoms with E-state index in [-0.39, 0.29) is 68.6 Å². The first kappa shape index (κ1) is 56.8. The number of nitrogens with zero attached hydrogens (tertiary/aromatic N) is 13. The van der Waals surface area contributed by atoms with E-state index in [9.17, 15) is 29.4 Å². The van der Waals surface area contributed by atoms with E-state index in [4.69, 9.17) is 47.1 Å². The second kappa shape index (κ2) is 28.8. The third-order valence-corrected chi connectivity index (χ3v) is 11.6. The highest BCUT2D eigenvalue weighted by molar-refractivity contribution is 5.82. The van der Waals surface area contributed by atoms with Crippen molar-refractivity contribution in [2.45, 2.75) is 90.4 Å². The van der Waals surface area contributed by atoms with Gasteiger partial charge < -0.3 is 73.2 Å². The minimum Gasteiger partial charge on any atom is -1.00 e. The van der Waals surface area contributed by atoms with Gasteiger partial charge in [-0.15, -0.1) is 16.6 Å². The number of carboxylic acids is 2. The molecule has 5 rings (SSSR count). The van der Waals surface area contributed by atoms with Crippen LogP contribution in [0.3, 0.4) is 0 Å². The van der Waals surface area contributed by atoms with Gasteiger partial charge in [-0.2, -0.15) is 15.0 Å². The molecule has 0 spiro atoms. The number of carbonyl (C=O) groups is 4. The van der Waals surface area contributed by atoms with Gasteiger partial charge in [0, 0.05) is 71.7 Å². The maximum Gasteiger partial charge on any atom is 0.303 e. The standard InChI is InChI=1S/C44H70N16O9.ClH/c1-6-20-67-22-24-69-25-23-68-21-11-47-42-48-43(57-16-12-55(13-17-57)40(65)36(7-9-38(61)62)59-28-34(51-53-59)32(45)26-30(2)3)50-44(49-42)58-18-14-56(15-19-58)41(66)37(8-10-39(63)64)60-29-35(52-54-60)33(46)27-31(4)5;/h1,28-33,36-37H,7-27,45-46H2,2-5H3,(H,61,62)(H,63,64)(H,47,48,49,50);1H/p-1. The number of aliphatic carboxylic acids is 2. The zero-order valence-corrected chi connectivity index (χ0v) is 41.4. The molecule has 5 heterocycles. The number of hydrogen-bond acceptors (Lipinski definition) is 19. The fourth-order valence-electron chi connectivity index (χ4n) is 7.94. The highest BCUT2D eigenvalue weighted by Crippen LogP contribution is 2.26. The van der Waals surface area contributed by atoms with Gasteiger partial charge in [-0.3, -0.25) is 19.2 Å². The van der Waals surface area contributed by atoms with Crippen molar-refractivity contribution in [3.05, 3.63) is 23.8 Å². The third kappa shape index (κ3) is 17.6. The molecule has 0 saturated carbocycles. The molecule has 7 N–H and O–H groups in total. The van der Waals surface area contributed by atoms with Gasteiger partial charge in [0.1, 0.15) is 18.7 Å². The molecule has 388 valence electrons. The fraction of sp³-hybridized carbons (Fsp3) is 0.705. The van der Waals surface area contributed by atoms with Crippen molar-refractivity contribution in [3.8, 4) is 12.3 Å². The van der Waals surface area contributed by atoms with Crippen molar-refractivity contribution < 1.29 is 56.0 Å². The predicted molar refractivity (Wildman–Crippen MR) is 252 cm³/mol. The molecule has 70 heavy (non-hydrogen) atoms.